The summed E-state index contributed by atoms with van der Waals surface area (Å²) in [6.45, 7) is 9.19. The predicted octanol–water partition coefficient (Wildman–Crippen LogP) is 2.14. The molecule has 0 aromatic heterocycles. The monoisotopic (exact) mass is 206 g/mol. The second-order valence-electron chi connectivity index (χ2n) is 4.66. The molecule has 0 radical (unpaired) electrons. The van der Waals surface area contributed by atoms with Gasteiger partial charge in [0.15, 0.2) is 0 Å². The van der Waals surface area contributed by atoms with Crippen LogP contribution in [0.15, 0.2) is 6.07 Å². The Morgan fingerprint density at radius 1 is 1.07 bits per heavy atom. The van der Waals surface area contributed by atoms with Crippen LogP contribution >= 0.6 is 0 Å². The van der Waals surface area contributed by atoms with Crippen molar-refractivity contribution >= 4 is 0 Å². The lowest BCUT2D eigenvalue weighted by Gasteiger charge is -2.39. The zero-order valence-corrected chi connectivity index (χ0v) is 9.85. The standard InChI is InChI=1S/C13H18O2/c1-8-5-9(2)11(4)12(10(8)3)13(14)6-15-7-13/h5,14H,6-7H2,1-4H3. The molecule has 1 aromatic rings. The van der Waals surface area contributed by atoms with Crippen LogP contribution in [0.4, 0.5) is 0 Å². The first-order valence-corrected chi connectivity index (χ1v) is 5.34. The molecule has 1 aromatic carbocycles. The number of benzene rings is 1. The topological polar surface area (TPSA) is 29.5 Å². The van der Waals surface area contributed by atoms with Crippen LogP contribution in [0, 0.1) is 27.7 Å². The second-order valence-corrected chi connectivity index (χ2v) is 4.66. The summed E-state index contributed by atoms with van der Waals surface area (Å²) in [5, 5.41) is 10.4. The highest BCUT2D eigenvalue weighted by molar-refractivity contribution is 5.47. The molecular weight excluding hydrogens is 188 g/mol. The molecule has 0 amide bonds. The number of aryl methyl sites for hydroxylation is 2. The minimum Gasteiger partial charge on any atom is -0.380 e. The lowest BCUT2D eigenvalue weighted by Crippen LogP contribution is -2.47. The van der Waals surface area contributed by atoms with Crippen LogP contribution in [0.25, 0.3) is 0 Å². The summed E-state index contributed by atoms with van der Waals surface area (Å²) >= 11 is 0. The van der Waals surface area contributed by atoms with E-state index >= 15 is 0 Å². The van der Waals surface area contributed by atoms with Crippen LogP contribution in [-0.2, 0) is 10.3 Å². The van der Waals surface area contributed by atoms with Crippen LogP contribution in [0.1, 0.15) is 27.8 Å². The van der Waals surface area contributed by atoms with Crippen LogP contribution < -0.4 is 0 Å². The summed E-state index contributed by atoms with van der Waals surface area (Å²) < 4.78 is 5.13. The van der Waals surface area contributed by atoms with Gasteiger partial charge in [-0.25, -0.2) is 0 Å². The smallest absolute Gasteiger partial charge is 0.137 e. The van der Waals surface area contributed by atoms with Gasteiger partial charge in [-0.3, -0.25) is 0 Å². The summed E-state index contributed by atoms with van der Waals surface area (Å²) in [5.74, 6) is 0. The van der Waals surface area contributed by atoms with Gasteiger partial charge < -0.3 is 9.84 Å². The molecule has 82 valence electrons. The third kappa shape index (κ3) is 1.48. The normalized spacial score (nSPS) is 18.7. The Hall–Kier alpha value is -0.860. The van der Waals surface area contributed by atoms with Crippen molar-refractivity contribution in [3.63, 3.8) is 0 Å². The minimum absolute atomic E-state index is 0.428. The van der Waals surface area contributed by atoms with Crippen LogP contribution in [0.5, 0.6) is 0 Å². The Bertz CT molecular complexity index is 377. The van der Waals surface area contributed by atoms with Gasteiger partial charge in [0.05, 0.1) is 13.2 Å². The average molecular weight is 206 g/mol. The number of rotatable bonds is 1. The fraction of sp³-hybridized carbons (Fsp3) is 0.538. The van der Waals surface area contributed by atoms with E-state index in [1.165, 1.54) is 22.3 Å². The first-order chi connectivity index (χ1) is 6.96. The molecule has 1 saturated heterocycles. The van der Waals surface area contributed by atoms with E-state index in [1.807, 2.05) is 0 Å². The SMILES string of the molecule is Cc1cc(C)c(C)c(C2(O)COC2)c1C. The quantitative estimate of drug-likeness (QED) is 0.762. The summed E-state index contributed by atoms with van der Waals surface area (Å²) in [7, 11) is 0. The van der Waals surface area contributed by atoms with Crippen molar-refractivity contribution in [1.29, 1.82) is 0 Å². The molecular formula is C13H18O2. The number of hydrogen-bond donors (Lipinski definition) is 1. The molecule has 1 N–H and O–H groups in total. The molecule has 0 aliphatic carbocycles. The van der Waals surface area contributed by atoms with Crippen molar-refractivity contribution in [2.24, 2.45) is 0 Å². The van der Waals surface area contributed by atoms with Gasteiger partial charge in [-0.1, -0.05) is 6.07 Å². The van der Waals surface area contributed by atoms with Gasteiger partial charge in [0.2, 0.25) is 0 Å². The van der Waals surface area contributed by atoms with Gasteiger partial charge in [-0.05, 0) is 55.5 Å². The summed E-state index contributed by atoms with van der Waals surface area (Å²) in [5.41, 5.74) is 5.21. The van der Waals surface area contributed by atoms with Gasteiger partial charge >= 0.3 is 0 Å². The molecule has 0 saturated carbocycles. The molecule has 2 nitrogen and oxygen atoms in total. The largest absolute Gasteiger partial charge is 0.380 e. The van der Waals surface area contributed by atoms with Crippen molar-refractivity contribution in [3.05, 3.63) is 33.9 Å². The van der Waals surface area contributed by atoms with E-state index in [9.17, 15) is 5.11 Å². The minimum atomic E-state index is -0.745. The number of ether oxygens (including phenoxy) is 1. The maximum absolute atomic E-state index is 10.4. The van der Waals surface area contributed by atoms with Gasteiger partial charge in [0.25, 0.3) is 0 Å². The van der Waals surface area contributed by atoms with Gasteiger partial charge in [0.1, 0.15) is 5.60 Å². The number of aliphatic hydroxyl groups is 1. The third-order valence-corrected chi connectivity index (χ3v) is 3.51. The average Bonchev–Trinajstić information content (AvgIpc) is 2.12. The zero-order chi connectivity index (χ0) is 11.2. The third-order valence-electron chi connectivity index (χ3n) is 3.51. The van der Waals surface area contributed by atoms with E-state index in [-0.39, 0.29) is 0 Å². The van der Waals surface area contributed by atoms with Crippen molar-refractivity contribution in [2.45, 2.75) is 33.3 Å². The highest BCUT2D eigenvalue weighted by Crippen LogP contribution is 2.36. The summed E-state index contributed by atoms with van der Waals surface area (Å²) in [6, 6.07) is 2.18. The molecule has 0 atom stereocenters. The molecule has 1 fully saturated rings. The van der Waals surface area contributed by atoms with Crippen molar-refractivity contribution in [1.82, 2.24) is 0 Å². The van der Waals surface area contributed by atoms with E-state index in [0.29, 0.717) is 13.2 Å². The van der Waals surface area contributed by atoms with E-state index in [4.69, 9.17) is 4.74 Å². The molecule has 0 bridgehead atoms. The van der Waals surface area contributed by atoms with Gasteiger partial charge in [0, 0.05) is 0 Å². The summed E-state index contributed by atoms with van der Waals surface area (Å²) in [4.78, 5) is 0. The molecule has 1 aliphatic heterocycles. The highest BCUT2D eigenvalue weighted by atomic mass is 16.5. The van der Waals surface area contributed by atoms with Gasteiger partial charge in [-0.15, -0.1) is 0 Å². The fourth-order valence-corrected chi connectivity index (χ4v) is 2.35. The van der Waals surface area contributed by atoms with Crippen molar-refractivity contribution in [2.75, 3.05) is 13.2 Å². The Morgan fingerprint density at radius 3 is 1.87 bits per heavy atom. The van der Waals surface area contributed by atoms with E-state index in [1.54, 1.807) is 0 Å². The zero-order valence-electron chi connectivity index (χ0n) is 9.85. The molecule has 1 heterocycles. The van der Waals surface area contributed by atoms with E-state index < -0.39 is 5.60 Å². The van der Waals surface area contributed by atoms with Gasteiger partial charge in [-0.2, -0.15) is 0 Å². The lowest BCUT2D eigenvalue weighted by molar-refractivity contribution is -0.185. The molecule has 2 heteroatoms. The molecule has 0 spiro atoms. The van der Waals surface area contributed by atoms with Crippen LogP contribution in [0.2, 0.25) is 0 Å². The first kappa shape index (κ1) is 10.7. The van der Waals surface area contributed by atoms with Crippen LogP contribution in [0.3, 0.4) is 0 Å². The maximum atomic E-state index is 10.4. The first-order valence-electron chi connectivity index (χ1n) is 5.34. The molecule has 15 heavy (non-hydrogen) atoms. The Kier molecular flexibility index (Phi) is 2.36. The molecule has 0 unspecified atom stereocenters. The van der Waals surface area contributed by atoms with E-state index in [0.717, 1.165) is 5.56 Å². The lowest BCUT2D eigenvalue weighted by atomic mass is 9.82. The Morgan fingerprint density at radius 2 is 1.53 bits per heavy atom. The van der Waals surface area contributed by atoms with E-state index in [2.05, 4.69) is 33.8 Å². The summed E-state index contributed by atoms with van der Waals surface area (Å²) in [6.07, 6.45) is 0. The molecule has 2 rings (SSSR count). The van der Waals surface area contributed by atoms with Crippen LogP contribution in [-0.4, -0.2) is 18.3 Å². The van der Waals surface area contributed by atoms with Crippen molar-refractivity contribution < 1.29 is 9.84 Å². The predicted molar refractivity (Wildman–Crippen MR) is 60.1 cm³/mol. The fourth-order valence-electron chi connectivity index (χ4n) is 2.35. The molecule has 1 aliphatic rings. The Balaban J connectivity index is 2.63. The Labute approximate surface area is 90.9 Å². The second kappa shape index (κ2) is 3.32. The van der Waals surface area contributed by atoms with Crippen molar-refractivity contribution in [3.8, 4) is 0 Å². The highest BCUT2D eigenvalue weighted by Gasteiger charge is 2.40. The number of hydrogen-bond acceptors (Lipinski definition) is 2. The maximum Gasteiger partial charge on any atom is 0.137 e.